The Morgan fingerprint density at radius 3 is 2.30 bits per heavy atom. The van der Waals surface area contributed by atoms with Gasteiger partial charge in [-0.15, -0.1) is 0 Å². The zero-order valence-corrected chi connectivity index (χ0v) is 15.9. The van der Waals surface area contributed by atoms with Crippen LogP contribution >= 0.6 is 0 Å². The van der Waals surface area contributed by atoms with E-state index in [0.717, 1.165) is 11.1 Å². The Morgan fingerprint density at radius 1 is 1.04 bits per heavy atom. The van der Waals surface area contributed by atoms with Crippen molar-refractivity contribution < 1.29 is 23.9 Å². The van der Waals surface area contributed by atoms with Gasteiger partial charge in [0.25, 0.3) is 5.91 Å². The van der Waals surface area contributed by atoms with Crippen LogP contribution in [0.3, 0.4) is 0 Å². The molecule has 0 bridgehead atoms. The Bertz CT molecular complexity index is 839. The maximum Gasteiger partial charge on any atom is 0.344 e. The van der Waals surface area contributed by atoms with Gasteiger partial charge in [0, 0.05) is 11.3 Å². The fraction of sp³-hybridized carbons (Fsp3) is 0.286. The molecule has 0 fully saturated rings. The summed E-state index contributed by atoms with van der Waals surface area (Å²) < 4.78 is 10.5. The van der Waals surface area contributed by atoms with Crippen LogP contribution in [0.2, 0.25) is 0 Å². The SMILES string of the molecule is CC(=O)c1cccc(OCC(=O)O[C@@H](C)C(=O)Nc2c(C)cccc2C)c1. The van der Waals surface area contributed by atoms with Crippen LogP contribution in [-0.2, 0) is 14.3 Å². The quantitative estimate of drug-likeness (QED) is 0.597. The first-order chi connectivity index (χ1) is 12.8. The van der Waals surface area contributed by atoms with Gasteiger partial charge in [-0.2, -0.15) is 0 Å². The Hall–Kier alpha value is -3.15. The zero-order chi connectivity index (χ0) is 20.0. The number of para-hydroxylation sites is 1. The highest BCUT2D eigenvalue weighted by Gasteiger charge is 2.19. The highest BCUT2D eigenvalue weighted by Crippen LogP contribution is 2.20. The Balaban J connectivity index is 1.88. The van der Waals surface area contributed by atoms with Crippen molar-refractivity contribution in [1.82, 2.24) is 0 Å². The Morgan fingerprint density at radius 2 is 1.67 bits per heavy atom. The summed E-state index contributed by atoms with van der Waals surface area (Å²) in [5.41, 5.74) is 3.05. The van der Waals surface area contributed by atoms with E-state index in [0.29, 0.717) is 17.0 Å². The number of Topliss-reactive ketones (excluding diaryl/α,β-unsaturated/α-hetero) is 1. The molecule has 142 valence electrons. The Kier molecular flexibility index (Phi) is 6.71. The van der Waals surface area contributed by atoms with Crippen molar-refractivity contribution in [2.75, 3.05) is 11.9 Å². The molecule has 1 amide bonds. The number of carbonyl (C=O) groups excluding carboxylic acids is 3. The average molecular weight is 369 g/mol. The number of benzene rings is 2. The molecule has 0 aliphatic heterocycles. The summed E-state index contributed by atoms with van der Waals surface area (Å²) >= 11 is 0. The largest absolute Gasteiger partial charge is 0.482 e. The number of ketones is 1. The molecule has 0 aromatic heterocycles. The average Bonchev–Trinajstić information content (AvgIpc) is 2.63. The molecule has 2 aromatic carbocycles. The minimum absolute atomic E-state index is 0.0974. The van der Waals surface area contributed by atoms with E-state index in [2.05, 4.69) is 5.32 Å². The first-order valence-corrected chi connectivity index (χ1v) is 8.58. The van der Waals surface area contributed by atoms with E-state index in [4.69, 9.17) is 9.47 Å². The maximum absolute atomic E-state index is 12.3. The minimum Gasteiger partial charge on any atom is -0.482 e. The molecular formula is C21H23NO5. The highest BCUT2D eigenvalue weighted by molar-refractivity contribution is 5.96. The van der Waals surface area contributed by atoms with Crippen LogP contribution in [0.5, 0.6) is 5.75 Å². The minimum atomic E-state index is -0.969. The molecule has 0 saturated heterocycles. The van der Waals surface area contributed by atoms with Crippen LogP contribution in [0, 0.1) is 13.8 Å². The summed E-state index contributed by atoms with van der Waals surface area (Å²) in [6.45, 7) is 6.37. The van der Waals surface area contributed by atoms with E-state index in [1.165, 1.54) is 13.8 Å². The number of amides is 1. The fourth-order valence-corrected chi connectivity index (χ4v) is 2.47. The van der Waals surface area contributed by atoms with Gasteiger partial charge < -0.3 is 14.8 Å². The molecule has 0 aliphatic carbocycles. The van der Waals surface area contributed by atoms with E-state index >= 15 is 0 Å². The second-order valence-electron chi connectivity index (χ2n) is 6.26. The standard InChI is InChI=1S/C21H23NO5/c1-13-7-5-8-14(2)20(13)22-21(25)16(4)27-19(24)12-26-18-10-6-9-17(11-18)15(3)23/h5-11,16H,12H2,1-4H3,(H,22,25)/t16-/m0/s1. The summed E-state index contributed by atoms with van der Waals surface area (Å²) in [7, 11) is 0. The molecule has 0 saturated carbocycles. The molecule has 0 unspecified atom stereocenters. The predicted octanol–water partition coefficient (Wildman–Crippen LogP) is 3.46. The molecule has 0 spiro atoms. The molecule has 2 rings (SSSR count). The van der Waals surface area contributed by atoms with Crippen LogP contribution in [0.25, 0.3) is 0 Å². The van der Waals surface area contributed by atoms with Gasteiger partial charge >= 0.3 is 5.97 Å². The van der Waals surface area contributed by atoms with Gasteiger partial charge in [-0.1, -0.05) is 30.3 Å². The van der Waals surface area contributed by atoms with E-state index in [1.807, 2.05) is 32.0 Å². The molecule has 1 atom stereocenters. The highest BCUT2D eigenvalue weighted by atomic mass is 16.6. The third-order valence-corrected chi connectivity index (χ3v) is 4.00. The normalized spacial score (nSPS) is 11.4. The number of carbonyl (C=O) groups is 3. The van der Waals surface area contributed by atoms with Gasteiger partial charge in [0.2, 0.25) is 0 Å². The zero-order valence-electron chi connectivity index (χ0n) is 15.9. The van der Waals surface area contributed by atoms with Crippen LogP contribution in [-0.4, -0.2) is 30.4 Å². The fourth-order valence-electron chi connectivity index (χ4n) is 2.47. The topological polar surface area (TPSA) is 81.7 Å². The molecule has 0 radical (unpaired) electrons. The lowest BCUT2D eigenvalue weighted by Crippen LogP contribution is -2.32. The molecule has 1 N–H and O–H groups in total. The molecule has 0 heterocycles. The number of anilines is 1. The van der Waals surface area contributed by atoms with Gasteiger partial charge in [-0.3, -0.25) is 9.59 Å². The van der Waals surface area contributed by atoms with E-state index in [9.17, 15) is 14.4 Å². The lowest BCUT2D eigenvalue weighted by atomic mass is 10.1. The van der Waals surface area contributed by atoms with Crippen LogP contribution in [0.1, 0.15) is 35.3 Å². The van der Waals surface area contributed by atoms with Gasteiger partial charge in [-0.25, -0.2) is 4.79 Å². The van der Waals surface area contributed by atoms with Gasteiger partial charge in [0.1, 0.15) is 5.75 Å². The summed E-state index contributed by atoms with van der Waals surface area (Å²) in [6.07, 6.45) is -0.969. The molecule has 27 heavy (non-hydrogen) atoms. The van der Waals surface area contributed by atoms with Crippen molar-refractivity contribution in [3.63, 3.8) is 0 Å². The molecule has 2 aromatic rings. The smallest absolute Gasteiger partial charge is 0.344 e. The summed E-state index contributed by atoms with van der Waals surface area (Å²) in [6, 6.07) is 12.2. The first-order valence-electron chi connectivity index (χ1n) is 8.58. The molecule has 6 nitrogen and oxygen atoms in total. The third kappa shape index (κ3) is 5.67. The summed E-state index contributed by atoms with van der Waals surface area (Å²) in [4.78, 5) is 35.6. The second kappa shape index (κ2) is 8.98. The van der Waals surface area contributed by atoms with Crippen molar-refractivity contribution in [2.24, 2.45) is 0 Å². The number of hydrogen-bond acceptors (Lipinski definition) is 5. The van der Waals surface area contributed by atoms with Crippen molar-refractivity contribution in [3.8, 4) is 5.75 Å². The Labute approximate surface area is 158 Å². The van der Waals surface area contributed by atoms with E-state index < -0.39 is 18.0 Å². The van der Waals surface area contributed by atoms with Crippen molar-refractivity contribution in [3.05, 3.63) is 59.2 Å². The number of esters is 1. The van der Waals surface area contributed by atoms with Crippen LogP contribution in [0.4, 0.5) is 5.69 Å². The number of hydrogen-bond donors (Lipinski definition) is 1. The number of nitrogens with one attached hydrogen (secondary N) is 1. The second-order valence-corrected chi connectivity index (χ2v) is 6.26. The van der Waals surface area contributed by atoms with Crippen molar-refractivity contribution in [2.45, 2.75) is 33.8 Å². The van der Waals surface area contributed by atoms with Crippen LogP contribution < -0.4 is 10.1 Å². The van der Waals surface area contributed by atoms with Crippen molar-refractivity contribution >= 4 is 23.3 Å². The monoisotopic (exact) mass is 369 g/mol. The van der Waals surface area contributed by atoms with Gasteiger partial charge in [-0.05, 0) is 51.0 Å². The summed E-state index contributed by atoms with van der Waals surface area (Å²) in [5, 5.41) is 2.78. The summed E-state index contributed by atoms with van der Waals surface area (Å²) in [5.74, 6) is -0.807. The lowest BCUT2D eigenvalue weighted by Gasteiger charge is -2.16. The van der Waals surface area contributed by atoms with Gasteiger partial charge in [0.15, 0.2) is 18.5 Å². The van der Waals surface area contributed by atoms with Crippen molar-refractivity contribution in [1.29, 1.82) is 0 Å². The third-order valence-electron chi connectivity index (χ3n) is 4.00. The van der Waals surface area contributed by atoms with Crippen LogP contribution in [0.15, 0.2) is 42.5 Å². The first kappa shape index (κ1) is 20.2. The molecular weight excluding hydrogens is 346 g/mol. The number of ether oxygens (including phenoxy) is 2. The van der Waals surface area contributed by atoms with E-state index in [1.54, 1.807) is 24.3 Å². The number of rotatable bonds is 7. The van der Waals surface area contributed by atoms with Gasteiger partial charge in [0.05, 0.1) is 0 Å². The molecule has 0 aliphatic rings. The lowest BCUT2D eigenvalue weighted by molar-refractivity contribution is -0.155. The number of aryl methyl sites for hydroxylation is 2. The molecule has 6 heteroatoms. The predicted molar refractivity (Wildman–Crippen MR) is 102 cm³/mol. The van der Waals surface area contributed by atoms with E-state index in [-0.39, 0.29) is 12.4 Å². The maximum atomic E-state index is 12.3.